The van der Waals surface area contributed by atoms with E-state index in [4.69, 9.17) is 4.74 Å². The van der Waals surface area contributed by atoms with E-state index in [0.717, 1.165) is 25.3 Å². The van der Waals surface area contributed by atoms with Crippen molar-refractivity contribution >= 4 is 5.95 Å². The highest BCUT2D eigenvalue weighted by atomic mass is 16.5. The summed E-state index contributed by atoms with van der Waals surface area (Å²) < 4.78 is 5.65. The van der Waals surface area contributed by atoms with Gasteiger partial charge in [0.25, 0.3) is 0 Å². The Morgan fingerprint density at radius 2 is 1.95 bits per heavy atom. The molecule has 1 aromatic heterocycles. The Kier molecular flexibility index (Phi) is 6.71. The zero-order valence-electron chi connectivity index (χ0n) is 13.6. The maximum atomic E-state index is 5.65. The zero-order valence-corrected chi connectivity index (χ0v) is 13.6. The van der Waals surface area contributed by atoms with Gasteiger partial charge >= 0.3 is 0 Å². The van der Waals surface area contributed by atoms with Crippen LogP contribution in [0.25, 0.3) is 0 Å². The molecular weight excluding hydrogens is 252 g/mol. The molecular formula is C15H28N4O. The van der Waals surface area contributed by atoms with Crippen LogP contribution in [0.4, 0.5) is 5.95 Å². The Morgan fingerprint density at radius 1 is 1.25 bits per heavy atom. The van der Waals surface area contributed by atoms with Gasteiger partial charge in [-0.3, -0.25) is 0 Å². The molecule has 1 aromatic rings. The molecule has 0 saturated heterocycles. The summed E-state index contributed by atoms with van der Waals surface area (Å²) in [6, 6.07) is 1.87. The minimum absolute atomic E-state index is 0.121. The maximum Gasteiger partial charge on any atom is 0.228 e. The lowest BCUT2D eigenvalue weighted by Gasteiger charge is -2.19. The van der Waals surface area contributed by atoms with Crippen molar-refractivity contribution in [2.45, 2.75) is 40.7 Å². The van der Waals surface area contributed by atoms with Gasteiger partial charge in [0.2, 0.25) is 11.8 Å². The Morgan fingerprint density at radius 3 is 2.55 bits per heavy atom. The number of anilines is 1. The molecule has 0 aliphatic rings. The van der Waals surface area contributed by atoms with Gasteiger partial charge in [-0.2, -0.15) is 4.98 Å². The molecule has 5 nitrogen and oxygen atoms in total. The first-order chi connectivity index (χ1) is 9.38. The number of aryl methyl sites for hydroxylation is 1. The molecule has 0 aliphatic heterocycles. The predicted octanol–water partition coefficient (Wildman–Crippen LogP) is 2.25. The van der Waals surface area contributed by atoms with Gasteiger partial charge in [0.1, 0.15) is 0 Å². The third-order valence-electron chi connectivity index (χ3n) is 2.69. The summed E-state index contributed by atoms with van der Waals surface area (Å²) >= 11 is 0. The molecule has 20 heavy (non-hydrogen) atoms. The van der Waals surface area contributed by atoms with E-state index >= 15 is 0 Å². The van der Waals surface area contributed by atoms with E-state index < -0.39 is 0 Å². The number of rotatable bonds is 8. The van der Waals surface area contributed by atoms with Gasteiger partial charge in [0, 0.05) is 31.9 Å². The summed E-state index contributed by atoms with van der Waals surface area (Å²) in [7, 11) is 2.00. The lowest BCUT2D eigenvalue weighted by atomic mass is 10.2. The Hall–Kier alpha value is -1.36. The van der Waals surface area contributed by atoms with Crippen molar-refractivity contribution in [2.24, 2.45) is 5.92 Å². The van der Waals surface area contributed by atoms with Crippen LogP contribution in [0.15, 0.2) is 6.07 Å². The van der Waals surface area contributed by atoms with Crippen LogP contribution in [0.2, 0.25) is 0 Å². The van der Waals surface area contributed by atoms with Crippen molar-refractivity contribution in [3.63, 3.8) is 0 Å². The molecule has 5 heteroatoms. The Labute approximate surface area is 122 Å². The number of likely N-dealkylation sites (N-methyl/N-ethyl adjacent to an activating group) is 1. The van der Waals surface area contributed by atoms with E-state index in [1.165, 1.54) is 0 Å². The highest BCUT2D eigenvalue weighted by Gasteiger charge is 2.09. The molecule has 0 bridgehead atoms. The van der Waals surface area contributed by atoms with Gasteiger partial charge in [-0.1, -0.05) is 13.8 Å². The van der Waals surface area contributed by atoms with E-state index in [-0.39, 0.29) is 6.10 Å². The van der Waals surface area contributed by atoms with Crippen LogP contribution >= 0.6 is 0 Å². The lowest BCUT2D eigenvalue weighted by Crippen LogP contribution is -2.32. The average molecular weight is 280 g/mol. The van der Waals surface area contributed by atoms with Crippen molar-refractivity contribution in [2.75, 3.05) is 31.6 Å². The summed E-state index contributed by atoms with van der Waals surface area (Å²) in [5.74, 6) is 2.03. The summed E-state index contributed by atoms with van der Waals surface area (Å²) in [5.41, 5.74) is 0.924. The van der Waals surface area contributed by atoms with Gasteiger partial charge < -0.3 is 15.0 Å². The van der Waals surface area contributed by atoms with Crippen LogP contribution in [-0.4, -0.2) is 42.8 Å². The molecule has 0 unspecified atom stereocenters. The number of hydrogen-bond acceptors (Lipinski definition) is 5. The molecule has 0 fully saturated rings. The largest absolute Gasteiger partial charge is 0.475 e. The van der Waals surface area contributed by atoms with Crippen LogP contribution < -0.4 is 15.0 Å². The number of hydrogen-bond donors (Lipinski definition) is 1. The van der Waals surface area contributed by atoms with Crippen LogP contribution in [-0.2, 0) is 0 Å². The van der Waals surface area contributed by atoms with Crippen LogP contribution in [0.5, 0.6) is 5.88 Å². The summed E-state index contributed by atoms with van der Waals surface area (Å²) in [6.07, 6.45) is 0.121. The predicted molar refractivity (Wildman–Crippen MR) is 83.5 cm³/mol. The van der Waals surface area contributed by atoms with Crippen molar-refractivity contribution in [3.8, 4) is 5.88 Å². The molecule has 0 aromatic carbocycles. The van der Waals surface area contributed by atoms with Gasteiger partial charge in [-0.25, -0.2) is 4.98 Å². The third kappa shape index (κ3) is 6.19. The third-order valence-corrected chi connectivity index (χ3v) is 2.69. The lowest BCUT2D eigenvalue weighted by molar-refractivity contribution is 0.232. The number of nitrogens with one attached hydrogen (secondary N) is 1. The normalized spacial score (nSPS) is 11.2. The molecule has 1 heterocycles. The van der Waals surface area contributed by atoms with E-state index in [1.54, 1.807) is 0 Å². The first-order valence-corrected chi connectivity index (χ1v) is 7.32. The first kappa shape index (κ1) is 16.7. The molecule has 0 aliphatic carbocycles. The number of ether oxygens (including phenoxy) is 1. The summed E-state index contributed by atoms with van der Waals surface area (Å²) in [5, 5.41) is 3.42. The van der Waals surface area contributed by atoms with Crippen molar-refractivity contribution < 1.29 is 4.74 Å². The fraction of sp³-hybridized carbons (Fsp3) is 0.733. The average Bonchev–Trinajstić information content (AvgIpc) is 2.32. The molecule has 1 N–H and O–H groups in total. The summed E-state index contributed by atoms with van der Waals surface area (Å²) in [6.45, 7) is 13.2. The van der Waals surface area contributed by atoms with Gasteiger partial charge in [0.15, 0.2) is 0 Å². The van der Waals surface area contributed by atoms with Crippen LogP contribution in [0.1, 0.15) is 33.4 Å². The smallest absolute Gasteiger partial charge is 0.228 e. The molecule has 0 amide bonds. The summed E-state index contributed by atoms with van der Waals surface area (Å²) in [4.78, 5) is 11.0. The monoisotopic (exact) mass is 280 g/mol. The molecule has 1 rings (SSSR count). The first-order valence-electron chi connectivity index (χ1n) is 7.32. The SMILES string of the molecule is Cc1cc(OC(C)C)nc(N(C)CCNCC(C)C)n1. The van der Waals surface area contributed by atoms with E-state index in [1.807, 2.05) is 38.8 Å². The molecule has 0 spiro atoms. The molecule has 114 valence electrons. The molecule has 0 atom stereocenters. The highest BCUT2D eigenvalue weighted by Crippen LogP contribution is 2.15. The number of nitrogens with zero attached hydrogens (tertiary/aromatic N) is 3. The topological polar surface area (TPSA) is 50.3 Å². The fourth-order valence-electron chi connectivity index (χ4n) is 1.73. The minimum atomic E-state index is 0.121. The van der Waals surface area contributed by atoms with Crippen molar-refractivity contribution in [3.05, 3.63) is 11.8 Å². The Balaban J connectivity index is 2.58. The minimum Gasteiger partial charge on any atom is -0.475 e. The second-order valence-electron chi connectivity index (χ2n) is 5.83. The van der Waals surface area contributed by atoms with Crippen molar-refractivity contribution in [1.82, 2.24) is 15.3 Å². The van der Waals surface area contributed by atoms with Crippen LogP contribution in [0, 0.1) is 12.8 Å². The van der Waals surface area contributed by atoms with E-state index in [9.17, 15) is 0 Å². The van der Waals surface area contributed by atoms with Gasteiger partial charge in [-0.05, 0) is 33.2 Å². The highest BCUT2D eigenvalue weighted by molar-refractivity contribution is 5.33. The van der Waals surface area contributed by atoms with Gasteiger partial charge in [0.05, 0.1) is 6.10 Å². The van der Waals surface area contributed by atoms with Crippen molar-refractivity contribution in [1.29, 1.82) is 0 Å². The Bertz CT molecular complexity index is 407. The maximum absolute atomic E-state index is 5.65. The molecule has 0 saturated carbocycles. The second kappa shape index (κ2) is 8.04. The fourth-order valence-corrected chi connectivity index (χ4v) is 1.73. The van der Waals surface area contributed by atoms with Crippen LogP contribution in [0.3, 0.4) is 0 Å². The van der Waals surface area contributed by atoms with E-state index in [0.29, 0.717) is 17.7 Å². The molecule has 0 radical (unpaired) electrons. The van der Waals surface area contributed by atoms with E-state index in [2.05, 4.69) is 29.1 Å². The zero-order chi connectivity index (χ0) is 15.1. The quantitative estimate of drug-likeness (QED) is 0.740. The van der Waals surface area contributed by atoms with Gasteiger partial charge in [-0.15, -0.1) is 0 Å². The second-order valence-corrected chi connectivity index (χ2v) is 5.83. The number of aromatic nitrogens is 2. The standard InChI is InChI=1S/C15H28N4O/c1-11(2)10-16-7-8-19(6)15-17-13(5)9-14(18-15)20-12(3)4/h9,11-12,16H,7-8,10H2,1-6H3.